The van der Waals surface area contributed by atoms with E-state index < -0.39 is 0 Å². The molecule has 0 spiro atoms. The van der Waals surface area contributed by atoms with Crippen LogP contribution in [0.15, 0.2) is 0 Å². The molecular formula is C4H6MnO2S4. The van der Waals surface area contributed by atoms with Crippen molar-refractivity contribution in [2.75, 3.05) is 14.2 Å². The summed E-state index contributed by atoms with van der Waals surface area (Å²) in [6.45, 7) is 0. The van der Waals surface area contributed by atoms with Crippen LogP contribution in [0.5, 0.6) is 0 Å². The van der Waals surface area contributed by atoms with Crippen molar-refractivity contribution in [3.63, 3.8) is 0 Å². The Morgan fingerprint density at radius 2 is 1.09 bits per heavy atom. The topological polar surface area (TPSA) is 18.5 Å². The van der Waals surface area contributed by atoms with Gasteiger partial charge in [-0.05, 0) is 0 Å². The molecule has 0 atom stereocenters. The van der Waals surface area contributed by atoms with E-state index in [-0.39, 0.29) is 25.8 Å². The molecule has 0 rings (SSSR count). The molecule has 0 aliphatic rings. The molecule has 1 radical (unpaired) electrons. The van der Waals surface area contributed by atoms with Gasteiger partial charge in [-0.2, -0.15) is 0 Å². The van der Waals surface area contributed by atoms with Crippen molar-refractivity contribution in [3.05, 3.63) is 0 Å². The quantitative estimate of drug-likeness (QED) is 0.367. The summed E-state index contributed by atoms with van der Waals surface area (Å²) in [6, 6.07) is 0. The molecule has 0 aliphatic carbocycles. The third-order valence-corrected chi connectivity index (χ3v) is 1.00. The fourth-order valence-electron chi connectivity index (χ4n) is 0. The molecule has 0 saturated carbocycles. The van der Waals surface area contributed by atoms with Gasteiger partial charge < -0.3 is 59.2 Å². The molecule has 0 heterocycles. The Morgan fingerprint density at radius 1 is 1.00 bits per heavy atom. The van der Waals surface area contributed by atoms with Crippen LogP contribution in [0.1, 0.15) is 0 Å². The van der Waals surface area contributed by atoms with Gasteiger partial charge in [-0.1, -0.05) is 0 Å². The molecule has 7 heteroatoms. The third kappa shape index (κ3) is 36.5. The maximum absolute atomic E-state index is 4.30. The van der Waals surface area contributed by atoms with E-state index in [2.05, 4.69) is 59.2 Å². The molecule has 0 unspecified atom stereocenters. The van der Waals surface area contributed by atoms with Crippen LogP contribution in [0.2, 0.25) is 0 Å². The first-order chi connectivity index (χ1) is 4.54. The second kappa shape index (κ2) is 13.3. The molecule has 65 valence electrons. The summed E-state index contributed by atoms with van der Waals surface area (Å²) >= 11 is 17.2. The minimum absolute atomic E-state index is 0. The normalized spacial score (nSPS) is 6.00. The number of thiocarbonyl (C=S) groups is 2. The first-order valence-corrected chi connectivity index (χ1v) is 3.67. The summed E-state index contributed by atoms with van der Waals surface area (Å²) in [5, 5.41) is 0. The molecule has 0 N–H and O–H groups in total. The molecule has 11 heavy (non-hydrogen) atoms. The van der Waals surface area contributed by atoms with E-state index in [4.69, 9.17) is 0 Å². The van der Waals surface area contributed by atoms with E-state index in [0.29, 0.717) is 0 Å². The molecule has 0 aliphatic heterocycles. The predicted molar refractivity (Wildman–Crippen MR) is 53.9 cm³/mol. The van der Waals surface area contributed by atoms with Crippen LogP contribution in [0.4, 0.5) is 0 Å². The van der Waals surface area contributed by atoms with Gasteiger partial charge in [-0.25, -0.2) is 0 Å². The van der Waals surface area contributed by atoms with E-state index in [1.807, 2.05) is 0 Å². The summed E-state index contributed by atoms with van der Waals surface area (Å²) in [6.07, 6.45) is 0. The van der Waals surface area contributed by atoms with E-state index >= 15 is 0 Å². The van der Waals surface area contributed by atoms with Crippen LogP contribution in [0, 0.1) is 0 Å². The number of hydrogen-bond acceptors (Lipinski definition) is 6. The van der Waals surface area contributed by atoms with E-state index in [1.165, 1.54) is 14.2 Å². The summed E-state index contributed by atoms with van der Waals surface area (Å²) in [5.74, 6) is 0. The van der Waals surface area contributed by atoms with E-state index in [0.717, 1.165) is 0 Å². The van der Waals surface area contributed by atoms with Crippen molar-refractivity contribution in [3.8, 4) is 0 Å². The standard InChI is InChI=1S/2C2H4OS2.Mn/c2*1-3-2(4)5;/h2*1H3,(H,4,5);/q;;+2/p-2. The van der Waals surface area contributed by atoms with Gasteiger partial charge in [0.2, 0.25) is 0 Å². The SMILES string of the molecule is COC(=S)[S-].COC(=S)[S-].[Mn+2]. The predicted octanol–water partition coefficient (Wildman–Crippen LogP) is 0.927. The number of methoxy groups -OCH3 is 2. The van der Waals surface area contributed by atoms with Gasteiger partial charge >= 0.3 is 17.1 Å². The van der Waals surface area contributed by atoms with Crippen molar-refractivity contribution in [1.29, 1.82) is 0 Å². The fourth-order valence-corrected chi connectivity index (χ4v) is 0. The van der Waals surface area contributed by atoms with Crippen LogP contribution in [-0.4, -0.2) is 23.0 Å². The van der Waals surface area contributed by atoms with Crippen molar-refractivity contribution < 1.29 is 26.5 Å². The summed E-state index contributed by atoms with van der Waals surface area (Å²) in [7, 11) is 2.91. The van der Waals surface area contributed by atoms with E-state index in [1.54, 1.807) is 0 Å². The molecule has 0 fully saturated rings. The largest absolute Gasteiger partial charge is 2.00 e. The Bertz CT molecular complexity index is 105. The first kappa shape index (κ1) is 17.7. The Balaban J connectivity index is -0.000000107. The van der Waals surface area contributed by atoms with E-state index in [9.17, 15) is 0 Å². The maximum atomic E-state index is 4.30. The van der Waals surface area contributed by atoms with Crippen LogP contribution in [0.25, 0.3) is 0 Å². The second-order valence-corrected chi connectivity index (χ2v) is 2.91. The average molecular weight is 269 g/mol. The van der Waals surface area contributed by atoms with Crippen LogP contribution in [0.3, 0.4) is 0 Å². The molecule has 0 aromatic heterocycles. The minimum atomic E-state index is 0. The summed E-state index contributed by atoms with van der Waals surface area (Å²) in [5.41, 5.74) is 0. The van der Waals surface area contributed by atoms with Gasteiger partial charge in [0.05, 0.1) is 14.2 Å². The number of rotatable bonds is 0. The average Bonchev–Trinajstić information content (AvgIpc) is 1.89. The Morgan fingerprint density at radius 3 is 1.09 bits per heavy atom. The molecule has 0 amide bonds. The van der Waals surface area contributed by atoms with Crippen molar-refractivity contribution in [2.45, 2.75) is 0 Å². The van der Waals surface area contributed by atoms with Crippen molar-refractivity contribution >= 4 is 58.5 Å². The van der Waals surface area contributed by atoms with Gasteiger partial charge in [0, 0.05) is 8.77 Å². The second-order valence-electron chi connectivity index (χ2n) is 0.908. The monoisotopic (exact) mass is 269 g/mol. The zero-order chi connectivity index (χ0) is 8.57. The summed E-state index contributed by atoms with van der Waals surface area (Å²) < 4.78 is 8.94. The summed E-state index contributed by atoms with van der Waals surface area (Å²) in [4.78, 5) is 0. The Labute approximate surface area is 98.7 Å². The van der Waals surface area contributed by atoms with Gasteiger partial charge in [0.15, 0.2) is 0 Å². The van der Waals surface area contributed by atoms with Crippen LogP contribution < -0.4 is 0 Å². The molecule has 0 aromatic carbocycles. The number of hydrogen-bond donors (Lipinski definition) is 0. The zero-order valence-corrected chi connectivity index (χ0v) is 10.3. The molecule has 0 aromatic rings. The molecular weight excluding hydrogens is 263 g/mol. The van der Waals surface area contributed by atoms with Gasteiger partial charge in [-0.15, -0.1) is 0 Å². The Hall–Kier alpha value is 0.739. The van der Waals surface area contributed by atoms with Crippen LogP contribution >= 0.6 is 24.4 Å². The van der Waals surface area contributed by atoms with Gasteiger partial charge in [0.1, 0.15) is 0 Å². The third-order valence-electron chi connectivity index (χ3n) is 0.333. The van der Waals surface area contributed by atoms with Crippen LogP contribution in [-0.2, 0) is 51.8 Å². The zero-order valence-electron chi connectivity index (χ0n) is 5.83. The van der Waals surface area contributed by atoms with Crippen molar-refractivity contribution in [2.24, 2.45) is 0 Å². The van der Waals surface area contributed by atoms with Crippen molar-refractivity contribution in [1.82, 2.24) is 0 Å². The minimum Gasteiger partial charge on any atom is -0.517 e. The fraction of sp³-hybridized carbons (Fsp3) is 0.500. The van der Waals surface area contributed by atoms with Gasteiger partial charge in [0.25, 0.3) is 0 Å². The Kier molecular flexibility index (Phi) is 21.5. The maximum Gasteiger partial charge on any atom is 2.00 e. The molecule has 0 bridgehead atoms. The molecule has 2 nitrogen and oxygen atoms in total. The number of ether oxygens (including phenoxy) is 2. The molecule has 0 saturated heterocycles. The first-order valence-electron chi connectivity index (χ1n) is 2.04. The van der Waals surface area contributed by atoms with Gasteiger partial charge in [-0.3, -0.25) is 0 Å². The smallest absolute Gasteiger partial charge is 0.517 e.